The summed E-state index contributed by atoms with van der Waals surface area (Å²) in [5.74, 6) is 1.30. The normalized spacial score (nSPS) is 15.2. The minimum absolute atomic E-state index is 0.246. The van der Waals surface area contributed by atoms with Crippen molar-refractivity contribution in [2.45, 2.75) is 31.9 Å². The zero-order valence-electron chi connectivity index (χ0n) is 7.79. The summed E-state index contributed by atoms with van der Waals surface area (Å²) in [7, 11) is 0. The first-order valence-corrected chi connectivity index (χ1v) is 5.38. The lowest BCUT2D eigenvalue weighted by atomic mass is 10.2. The number of aliphatic hydroxyl groups is 1. The van der Waals surface area contributed by atoms with E-state index in [1.54, 1.807) is 11.8 Å². The highest BCUT2D eigenvalue weighted by Gasteiger charge is 2.08. The van der Waals surface area contributed by atoms with E-state index in [1.807, 2.05) is 6.92 Å². The van der Waals surface area contributed by atoms with Crippen LogP contribution in [0, 0.1) is 17.2 Å². The molecule has 0 radical (unpaired) electrons. The van der Waals surface area contributed by atoms with E-state index in [0.29, 0.717) is 17.6 Å². The van der Waals surface area contributed by atoms with E-state index in [2.05, 4.69) is 13.0 Å². The average Bonchev–Trinajstić information content (AvgIpc) is 2.11. The molecule has 0 rings (SSSR count). The van der Waals surface area contributed by atoms with Crippen molar-refractivity contribution in [1.29, 1.82) is 5.26 Å². The van der Waals surface area contributed by atoms with Crippen molar-refractivity contribution in [1.82, 2.24) is 0 Å². The number of rotatable bonds is 6. The van der Waals surface area contributed by atoms with E-state index >= 15 is 0 Å². The summed E-state index contributed by atoms with van der Waals surface area (Å²) >= 11 is 1.80. The zero-order valence-corrected chi connectivity index (χ0v) is 8.60. The molecule has 70 valence electrons. The van der Waals surface area contributed by atoms with Crippen LogP contribution in [-0.2, 0) is 0 Å². The Balaban J connectivity index is 3.51. The second-order valence-corrected chi connectivity index (χ2v) is 4.35. The lowest BCUT2D eigenvalue weighted by Gasteiger charge is -2.13. The highest BCUT2D eigenvalue weighted by Crippen LogP contribution is 2.20. The van der Waals surface area contributed by atoms with Crippen molar-refractivity contribution >= 4 is 11.8 Å². The summed E-state index contributed by atoms with van der Waals surface area (Å²) in [5.41, 5.74) is 0. The molecule has 0 aliphatic rings. The van der Waals surface area contributed by atoms with Gasteiger partial charge in [-0.15, -0.1) is 0 Å². The first kappa shape index (κ1) is 11.8. The van der Waals surface area contributed by atoms with Crippen molar-refractivity contribution in [2.75, 3.05) is 12.4 Å². The van der Waals surface area contributed by atoms with Crippen LogP contribution in [-0.4, -0.2) is 22.7 Å². The second-order valence-electron chi connectivity index (χ2n) is 3.01. The van der Waals surface area contributed by atoms with Gasteiger partial charge in [0.15, 0.2) is 0 Å². The minimum Gasteiger partial charge on any atom is -0.396 e. The Morgan fingerprint density at radius 2 is 2.25 bits per heavy atom. The van der Waals surface area contributed by atoms with Crippen LogP contribution in [0.4, 0.5) is 0 Å². The summed E-state index contributed by atoms with van der Waals surface area (Å²) < 4.78 is 0. The number of nitrogens with zero attached hydrogens (tertiary/aromatic N) is 1. The van der Waals surface area contributed by atoms with Gasteiger partial charge in [-0.05, 0) is 18.1 Å². The van der Waals surface area contributed by atoms with E-state index in [0.717, 1.165) is 12.2 Å². The molecule has 3 heteroatoms. The van der Waals surface area contributed by atoms with E-state index < -0.39 is 0 Å². The highest BCUT2D eigenvalue weighted by atomic mass is 32.2. The summed E-state index contributed by atoms with van der Waals surface area (Å²) in [5, 5.41) is 17.7. The molecule has 0 aliphatic heterocycles. The van der Waals surface area contributed by atoms with Crippen LogP contribution in [0.3, 0.4) is 0 Å². The molecule has 2 unspecified atom stereocenters. The number of nitriles is 1. The lowest BCUT2D eigenvalue weighted by Crippen LogP contribution is -2.08. The van der Waals surface area contributed by atoms with Crippen molar-refractivity contribution in [2.24, 2.45) is 5.92 Å². The third kappa shape index (κ3) is 5.45. The fraction of sp³-hybridized carbons (Fsp3) is 0.889. The molecule has 0 aliphatic carbocycles. The van der Waals surface area contributed by atoms with Crippen molar-refractivity contribution in [3.05, 3.63) is 0 Å². The molecule has 0 aromatic carbocycles. The summed E-state index contributed by atoms with van der Waals surface area (Å²) in [6.07, 6.45) is 1.66. The maximum atomic E-state index is 8.77. The van der Waals surface area contributed by atoms with Gasteiger partial charge >= 0.3 is 0 Å². The summed E-state index contributed by atoms with van der Waals surface area (Å²) in [6, 6.07) is 2.18. The largest absolute Gasteiger partial charge is 0.396 e. The van der Waals surface area contributed by atoms with Gasteiger partial charge in [-0.2, -0.15) is 17.0 Å². The minimum atomic E-state index is 0.246. The molecule has 0 heterocycles. The molecular formula is C9H17NOS. The first-order valence-electron chi connectivity index (χ1n) is 4.34. The topological polar surface area (TPSA) is 44.0 Å². The van der Waals surface area contributed by atoms with Gasteiger partial charge in [0.25, 0.3) is 0 Å². The Morgan fingerprint density at radius 1 is 1.58 bits per heavy atom. The number of hydrogen-bond donors (Lipinski definition) is 1. The molecule has 0 amide bonds. The maximum Gasteiger partial charge on any atom is 0.0633 e. The Morgan fingerprint density at radius 3 is 2.67 bits per heavy atom. The number of aliphatic hydroxyl groups excluding tert-OH is 1. The van der Waals surface area contributed by atoms with Crippen molar-refractivity contribution < 1.29 is 5.11 Å². The maximum absolute atomic E-state index is 8.77. The Kier molecular flexibility index (Phi) is 7.33. The molecule has 0 aromatic rings. The van der Waals surface area contributed by atoms with E-state index in [-0.39, 0.29) is 6.61 Å². The molecule has 0 aromatic heterocycles. The Labute approximate surface area is 79.0 Å². The fourth-order valence-electron chi connectivity index (χ4n) is 0.776. The molecule has 0 fully saturated rings. The summed E-state index contributed by atoms with van der Waals surface area (Å²) in [4.78, 5) is 0. The molecule has 0 saturated carbocycles. The number of hydrogen-bond acceptors (Lipinski definition) is 3. The second kappa shape index (κ2) is 7.45. The van der Waals surface area contributed by atoms with Crippen LogP contribution >= 0.6 is 11.8 Å². The van der Waals surface area contributed by atoms with Crippen LogP contribution < -0.4 is 0 Å². The van der Waals surface area contributed by atoms with Crippen LogP contribution in [0.15, 0.2) is 0 Å². The predicted octanol–water partition coefficient (Wildman–Crippen LogP) is 2.04. The average molecular weight is 187 g/mol. The van der Waals surface area contributed by atoms with E-state index in [9.17, 15) is 0 Å². The molecule has 2 nitrogen and oxygen atoms in total. The van der Waals surface area contributed by atoms with Gasteiger partial charge in [-0.25, -0.2) is 0 Å². The van der Waals surface area contributed by atoms with Crippen LogP contribution in [0.1, 0.15) is 26.7 Å². The molecule has 12 heavy (non-hydrogen) atoms. The number of thioether (sulfide) groups is 1. The van der Waals surface area contributed by atoms with Crippen LogP contribution in [0.25, 0.3) is 0 Å². The van der Waals surface area contributed by atoms with Gasteiger partial charge in [0.2, 0.25) is 0 Å². The van der Waals surface area contributed by atoms with Crippen molar-refractivity contribution in [3.8, 4) is 6.07 Å². The standard InChI is InChI=1S/C9H17NOS/c1-3-9(4-5-10)12-7-8(2)6-11/h8-9,11H,3-4,6-7H2,1-2H3. The molecule has 0 spiro atoms. The van der Waals surface area contributed by atoms with Crippen molar-refractivity contribution in [3.63, 3.8) is 0 Å². The van der Waals surface area contributed by atoms with E-state index in [1.165, 1.54) is 0 Å². The molecular weight excluding hydrogens is 170 g/mol. The third-order valence-corrected chi connectivity index (χ3v) is 3.44. The van der Waals surface area contributed by atoms with Crippen LogP contribution in [0.2, 0.25) is 0 Å². The quantitative estimate of drug-likeness (QED) is 0.692. The van der Waals surface area contributed by atoms with Gasteiger partial charge in [0.1, 0.15) is 0 Å². The molecule has 0 saturated heterocycles. The van der Waals surface area contributed by atoms with Gasteiger partial charge in [-0.3, -0.25) is 0 Å². The molecule has 1 N–H and O–H groups in total. The fourth-order valence-corrected chi connectivity index (χ4v) is 1.91. The lowest BCUT2D eigenvalue weighted by molar-refractivity contribution is 0.250. The molecule has 0 bridgehead atoms. The van der Waals surface area contributed by atoms with Gasteiger partial charge in [0, 0.05) is 18.3 Å². The van der Waals surface area contributed by atoms with Crippen LogP contribution in [0.5, 0.6) is 0 Å². The molecule has 2 atom stereocenters. The SMILES string of the molecule is CCC(CC#N)SCC(C)CO. The predicted molar refractivity (Wildman–Crippen MR) is 53.0 cm³/mol. The summed E-state index contributed by atoms with van der Waals surface area (Å²) in [6.45, 7) is 4.36. The van der Waals surface area contributed by atoms with E-state index in [4.69, 9.17) is 10.4 Å². The first-order chi connectivity index (χ1) is 5.74. The highest BCUT2D eigenvalue weighted by molar-refractivity contribution is 7.99. The van der Waals surface area contributed by atoms with Gasteiger partial charge in [-0.1, -0.05) is 13.8 Å². The third-order valence-electron chi connectivity index (χ3n) is 1.70. The zero-order chi connectivity index (χ0) is 9.40. The Bertz CT molecular complexity index is 144. The van der Waals surface area contributed by atoms with Gasteiger partial charge in [0.05, 0.1) is 6.07 Å². The van der Waals surface area contributed by atoms with Gasteiger partial charge < -0.3 is 5.11 Å². The smallest absolute Gasteiger partial charge is 0.0633 e. The Hall–Kier alpha value is -0.200. The monoisotopic (exact) mass is 187 g/mol.